The molecule has 5 heteroatoms. The molecule has 1 aromatic heterocycles. The third kappa shape index (κ3) is 3.91. The van der Waals surface area contributed by atoms with Crippen LogP contribution in [0.3, 0.4) is 0 Å². The van der Waals surface area contributed by atoms with Crippen LogP contribution < -0.4 is 4.74 Å². The predicted octanol–water partition coefficient (Wildman–Crippen LogP) is 1.62. The maximum atomic E-state index is 10.5. The molecule has 0 bridgehead atoms. The third-order valence-corrected chi connectivity index (χ3v) is 3.42. The van der Waals surface area contributed by atoms with E-state index in [4.69, 9.17) is 9.47 Å². The summed E-state index contributed by atoms with van der Waals surface area (Å²) in [6, 6.07) is 1.84. The monoisotopic (exact) mass is 280 g/mol. The van der Waals surface area contributed by atoms with Gasteiger partial charge in [0.05, 0.1) is 18.9 Å². The molecule has 1 N–H and O–H groups in total. The molecule has 5 nitrogen and oxygen atoms in total. The van der Waals surface area contributed by atoms with Gasteiger partial charge in [0.15, 0.2) is 0 Å². The molecule has 0 aliphatic carbocycles. The third-order valence-electron chi connectivity index (χ3n) is 3.42. The van der Waals surface area contributed by atoms with Gasteiger partial charge in [-0.3, -0.25) is 9.88 Å². The molecule has 0 amide bonds. The maximum Gasteiger partial charge on any atom is 0.138 e. The van der Waals surface area contributed by atoms with Gasteiger partial charge in [-0.25, -0.2) is 0 Å². The Bertz CT molecular complexity index is 425. The highest BCUT2D eigenvalue weighted by atomic mass is 16.5. The molecule has 1 aliphatic rings. The van der Waals surface area contributed by atoms with E-state index in [1.165, 1.54) is 0 Å². The van der Waals surface area contributed by atoms with Crippen LogP contribution in [0.25, 0.3) is 0 Å². The van der Waals surface area contributed by atoms with Crippen molar-refractivity contribution in [2.45, 2.75) is 39.1 Å². The summed E-state index contributed by atoms with van der Waals surface area (Å²) in [4.78, 5) is 6.42. The number of likely N-dealkylation sites (N-methyl/N-ethyl adjacent to an activating group) is 1. The summed E-state index contributed by atoms with van der Waals surface area (Å²) in [7, 11) is 0. The molecule has 1 saturated heterocycles. The van der Waals surface area contributed by atoms with Crippen LogP contribution in [0, 0.1) is 0 Å². The number of morpholine rings is 1. The van der Waals surface area contributed by atoms with Crippen molar-refractivity contribution in [3.05, 3.63) is 24.0 Å². The van der Waals surface area contributed by atoms with E-state index in [0.29, 0.717) is 12.4 Å². The number of aliphatic hydroxyl groups is 1. The van der Waals surface area contributed by atoms with Crippen LogP contribution in [-0.2, 0) is 4.74 Å². The van der Waals surface area contributed by atoms with Crippen LogP contribution >= 0.6 is 0 Å². The Morgan fingerprint density at radius 2 is 2.30 bits per heavy atom. The fraction of sp³-hybridized carbons (Fsp3) is 0.667. The van der Waals surface area contributed by atoms with Crippen LogP contribution in [0.1, 0.15) is 32.4 Å². The minimum Gasteiger partial charge on any atom is -0.489 e. The van der Waals surface area contributed by atoms with Crippen molar-refractivity contribution in [1.82, 2.24) is 9.88 Å². The average molecular weight is 280 g/mol. The quantitative estimate of drug-likeness (QED) is 0.888. The van der Waals surface area contributed by atoms with Crippen molar-refractivity contribution >= 4 is 0 Å². The number of nitrogens with zero attached hydrogens (tertiary/aromatic N) is 2. The number of aromatic nitrogens is 1. The van der Waals surface area contributed by atoms with Gasteiger partial charge in [-0.1, -0.05) is 6.92 Å². The van der Waals surface area contributed by atoms with E-state index in [2.05, 4.69) is 16.8 Å². The number of hydrogen-bond donors (Lipinski definition) is 1. The van der Waals surface area contributed by atoms with E-state index in [9.17, 15) is 5.11 Å². The Morgan fingerprint density at radius 3 is 3.00 bits per heavy atom. The molecule has 2 atom stereocenters. The van der Waals surface area contributed by atoms with Crippen molar-refractivity contribution in [2.24, 2.45) is 0 Å². The predicted molar refractivity (Wildman–Crippen MR) is 76.8 cm³/mol. The Morgan fingerprint density at radius 1 is 1.50 bits per heavy atom. The lowest BCUT2D eigenvalue weighted by Crippen LogP contribution is -2.44. The highest BCUT2D eigenvalue weighted by molar-refractivity contribution is 5.26. The SMILES string of the molecule is CCN1CCOC(C(O)c2cncc(OC(C)C)c2)C1. The molecular weight excluding hydrogens is 256 g/mol. The fourth-order valence-electron chi connectivity index (χ4n) is 2.36. The second kappa shape index (κ2) is 7.02. The fourth-order valence-corrected chi connectivity index (χ4v) is 2.36. The second-order valence-corrected chi connectivity index (χ2v) is 5.37. The average Bonchev–Trinajstić information content (AvgIpc) is 2.46. The van der Waals surface area contributed by atoms with Crippen LogP contribution in [0.15, 0.2) is 18.5 Å². The summed E-state index contributed by atoms with van der Waals surface area (Å²) in [5.74, 6) is 0.680. The minimum absolute atomic E-state index is 0.0886. The van der Waals surface area contributed by atoms with Gasteiger partial charge >= 0.3 is 0 Å². The van der Waals surface area contributed by atoms with Crippen molar-refractivity contribution < 1.29 is 14.6 Å². The largest absolute Gasteiger partial charge is 0.489 e. The Hall–Kier alpha value is -1.17. The standard InChI is InChI=1S/C15H24N2O3/c1-4-17-5-6-19-14(10-17)15(18)12-7-13(9-16-8-12)20-11(2)3/h7-9,11,14-15,18H,4-6,10H2,1-3H3. The molecule has 0 spiro atoms. The first-order valence-electron chi connectivity index (χ1n) is 7.23. The summed E-state index contributed by atoms with van der Waals surface area (Å²) >= 11 is 0. The number of rotatable bonds is 5. The van der Waals surface area contributed by atoms with Gasteiger partial charge in [-0.05, 0) is 26.5 Å². The molecule has 1 aromatic rings. The van der Waals surface area contributed by atoms with E-state index in [1.54, 1.807) is 12.4 Å². The normalized spacial score (nSPS) is 21.9. The van der Waals surface area contributed by atoms with E-state index in [1.807, 2.05) is 19.9 Å². The van der Waals surface area contributed by atoms with Crippen LogP contribution in [0.2, 0.25) is 0 Å². The number of ether oxygens (including phenoxy) is 2. The topological polar surface area (TPSA) is 54.8 Å². The van der Waals surface area contributed by atoms with E-state index >= 15 is 0 Å². The lowest BCUT2D eigenvalue weighted by atomic mass is 10.0. The molecule has 2 unspecified atom stereocenters. The van der Waals surface area contributed by atoms with Crippen molar-refractivity contribution in [3.63, 3.8) is 0 Å². The van der Waals surface area contributed by atoms with Crippen molar-refractivity contribution in [2.75, 3.05) is 26.2 Å². The highest BCUT2D eigenvalue weighted by Gasteiger charge is 2.27. The van der Waals surface area contributed by atoms with Gasteiger partial charge in [0.25, 0.3) is 0 Å². The van der Waals surface area contributed by atoms with E-state index in [0.717, 1.165) is 25.2 Å². The van der Waals surface area contributed by atoms with Gasteiger partial charge in [0.1, 0.15) is 18.0 Å². The highest BCUT2D eigenvalue weighted by Crippen LogP contribution is 2.24. The minimum atomic E-state index is -0.674. The van der Waals surface area contributed by atoms with Crippen LogP contribution in [-0.4, -0.2) is 53.4 Å². The molecule has 2 rings (SSSR count). The lowest BCUT2D eigenvalue weighted by Gasteiger charge is -2.34. The molecule has 2 heterocycles. The Balaban J connectivity index is 2.06. The van der Waals surface area contributed by atoms with Crippen LogP contribution in [0.5, 0.6) is 5.75 Å². The van der Waals surface area contributed by atoms with Crippen LogP contribution in [0.4, 0.5) is 0 Å². The first-order chi connectivity index (χ1) is 9.60. The zero-order chi connectivity index (χ0) is 14.5. The molecule has 112 valence electrons. The number of pyridine rings is 1. The molecule has 0 saturated carbocycles. The number of aliphatic hydroxyl groups excluding tert-OH is 1. The summed E-state index contributed by atoms with van der Waals surface area (Å²) in [6.45, 7) is 9.35. The lowest BCUT2D eigenvalue weighted by molar-refractivity contribution is -0.0890. The molecule has 1 aliphatic heterocycles. The number of hydrogen-bond acceptors (Lipinski definition) is 5. The van der Waals surface area contributed by atoms with Gasteiger partial charge in [-0.2, -0.15) is 0 Å². The summed E-state index contributed by atoms with van der Waals surface area (Å²) < 4.78 is 11.3. The molecule has 20 heavy (non-hydrogen) atoms. The zero-order valence-electron chi connectivity index (χ0n) is 12.5. The smallest absolute Gasteiger partial charge is 0.138 e. The zero-order valence-corrected chi connectivity index (χ0v) is 12.5. The van der Waals surface area contributed by atoms with Gasteiger partial charge < -0.3 is 14.6 Å². The van der Waals surface area contributed by atoms with E-state index < -0.39 is 6.10 Å². The van der Waals surface area contributed by atoms with Gasteiger partial charge in [0, 0.05) is 24.8 Å². The van der Waals surface area contributed by atoms with Crippen molar-refractivity contribution in [3.8, 4) is 5.75 Å². The molecule has 0 aromatic carbocycles. The first-order valence-corrected chi connectivity index (χ1v) is 7.23. The summed E-state index contributed by atoms with van der Waals surface area (Å²) in [5, 5.41) is 10.5. The Labute approximate surface area is 120 Å². The van der Waals surface area contributed by atoms with Crippen molar-refractivity contribution in [1.29, 1.82) is 0 Å². The van der Waals surface area contributed by atoms with Gasteiger partial charge in [0.2, 0.25) is 0 Å². The first kappa shape index (κ1) is 15.2. The van der Waals surface area contributed by atoms with E-state index in [-0.39, 0.29) is 12.2 Å². The Kier molecular flexibility index (Phi) is 5.34. The summed E-state index contributed by atoms with van der Waals surface area (Å²) in [5.41, 5.74) is 0.742. The molecular formula is C15H24N2O3. The molecule has 0 radical (unpaired) electrons. The maximum absolute atomic E-state index is 10.5. The summed E-state index contributed by atoms with van der Waals surface area (Å²) in [6.07, 6.45) is 2.54. The second-order valence-electron chi connectivity index (χ2n) is 5.37. The van der Waals surface area contributed by atoms with Gasteiger partial charge in [-0.15, -0.1) is 0 Å². The molecule has 1 fully saturated rings.